The van der Waals surface area contributed by atoms with Gasteiger partial charge in [0.25, 0.3) is 5.78 Å². The predicted molar refractivity (Wildman–Crippen MR) is 91.2 cm³/mol. The minimum Gasteiger partial charge on any atom is -0.268 e. The average molecular weight is 362 g/mol. The molecular formula is C16H13Cl2N5O. The van der Waals surface area contributed by atoms with Crippen molar-refractivity contribution in [3.63, 3.8) is 0 Å². The van der Waals surface area contributed by atoms with Crippen LogP contribution in [0.2, 0.25) is 10.2 Å². The lowest BCUT2D eigenvalue weighted by Crippen LogP contribution is -2.33. The summed E-state index contributed by atoms with van der Waals surface area (Å²) < 4.78 is 1.67. The Kier molecular flexibility index (Phi) is 3.20. The van der Waals surface area contributed by atoms with Gasteiger partial charge in [0, 0.05) is 10.6 Å². The lowest BCUT2D eigenvalue weighted by Gasteiger charge is -2.29. The molecule has 3 heterocycles. The van der Waals surface area contributed by atoms with Crippen LogP contribution in [0.25, 0.3) is 16.9 Å². The van der Waals surface area contributed by atoms with Crippen LogP contribution in [0.5, 0.6) is 0 Å². The fourth-order valence-electron chi connectivity index (χ4n) is 3.60. The van der Waals surface area contributed by atoms with E-state index in [4.69, 9.17) is 28.0 Å². The minimum absolute atomic E-state index is 0.250. The summed E-state index contributed by atoms with van der Waals surface area (Å²) in [4.78, 5) is 14.6. The zero-order chi connectivity index (χ0) is 16.3. The van der Waals surface area contributed by atoms with E-state index in [1.807, 2.05) is 29.3 Å². The highest BCUT2D eigenvalue weighted by molar-refractivity contribution is 6.36. The van der Waals surface area contributed by atoms with Crippen LogP contribution in [0.4, 0.5) is 5.82 Å². The van der Waals surface area contributed by atoms with Crippen LogP contribution in [0.3, 0.4) is 0 Å². The van der Waals surface area contributed by atoms with Crippen molar-refractivity contribution in [2.75, 3.05) is 5.06 Å². The standard InChI is InChI=1S/C16H13Cl2N5O/c17-12-4-2-1-3-11(12)13-14(18)21-16-19-8-20-22(16)15(13)23-9-5-6-10(7-9)24-23/h1-4,8-10H,5-7H2. The summed E-state index contributed by atoms with van der Waals surface area (Å²) >= 11 is 12.9. The van der Waals surface area contributed by atoms with Crippen LogP contribution in [0, 0.1) is 0 Å². The van der Waals surface area contributed by atoms with Gasteiger partial charge in [-0.1, -0.05) is 41.4 Å². The Bertz CT molecular complexity index is 943. The van der Waals surface area contributed by atoms with Gasteiger partial charge in [-0.3, -0.25) is 4.84 Å². The molecule has 1 aliphatic heterocycles. The molecule has 0 radical (unpaired) electrons. The number of anilines is 1. The van der Waals surface area contributed by atoms with Gasteiger partial charge in [-0.25, -0.2) is 5.06 Å². The van der Waals surface area contributed by atoms with Crippen molar-refractivity contribution in [2.45, 2.75) is 31.4 Å². The van der Waals surface area contributed by atoms with Gasteiger partial charge in [0.2, 0.25) is 0 Å². The summed E-state index contributed by atoms with van der Waals surface area (Å²) in [5.41, 5.74) is 1.52. The first-order valence-corrected chi connectivity index (χ1v) is 8.58. The molecule has 2 atom stereocenters. The number of hydrogen-bond donors (Lipinski definition) is 0. The lowest BCUT2D eigenvalue weighted by atomic mass is 10.1. The van der Waals surface area contributed by atoms with Crippen molar-refractivity contribution in [1.29, 1.82) is 0 Å². The summed E-state index contributed by atoms with van der Waals surface area (Å²) in [5, 5.41) is 7.18. The summed E-state index contributed by atoms with van der Waals surface area (Å²) in [6.07, 6.45) is 4.90. The average Bonchev–Trinajstić information content (AvgIpc) is 3.30. The van der Waals surface area contributed by atoms with E-state index in [0.717, 1.165) is 30.6 Å². The third kappa shape index (κ3) is 2.03. The lowest BCUT2D eigenvalue weighted by molar-refractivity contribution is 0.0565. The number of nitrogens with zero attached hydrogens (tertiary/aromatic N) is 5. The van der Waals surface area contributed by atoms with Crippen molar-refractivity contribution in [1.82, 2.24) is 19.6 Å². The molecule has 2 fully saturated rings. The van der Waals surface area contributed by atoms with Crippen LogP contribution < -0.4 is 5.06 Å². The van der Waals surface area contributed by atoms with E-state index in [-0.39, 0.29) is 6.10 Å². The maximum Gasteiger partial charge on any atom is 0.255 e. The zero-order valence-corrected chi connectivity index (χ0v) is 14.1. The normalized spacial score (nSPS) is 22.7. The van der Waals surface area contributed by atoms with Crippen LogP contribution in [-0.2, 0) is 4.84 Å². The number of fused-ring (bicyclic) bond motifs is 3. The smallest absolute Gasteiger partial charge is 0.255 e. The summed E-state index contributed by atoms with van der Waals surface area (Å²) in [6.45, 7) is 0. The van der Waals surface area contributed by atoms with E-state index >= 15 is 0 Å². The first kappa shape index (κ1) is 14.5. The molecule has 1 saturated carbocycles. The Labute approximate surface area is 147 Å². The number of benzene rings is 1. The third-order valence-electron chi connectivity index (χ3n) is 4.66. The second-order valence-electron chi connectivity index (χ2n) is 6.07. The van der Waals surface area contributed by atoms with Crippen LogP contribution in [0.1, 0.15) is 19.3 Å². The number of aromatic nitrogens is 4. The topological polar surface area (TPSA) is 55.5 Å². The van der Waals surface area contributed by atoms with Crippen molar-refractivity contribution in [2.24, 2.45) is 0 Å². The zero-order valence-electron chi connectivity index (χ0n) is 12.6. The maximum absolute atomic E-state index is 6.52. The van der Waals surface area contributed by atoms with Gasteiger partial charge in [0.05, 0.1) is 17.7 Å². The molecule has 0 N–H and O–H groups in total. The molecule has 2 aliphatic rings. The molecule has 2 aromatic heterocycles. The monoisotopic (exact) mass is 361 g/mol. The molecule has 2 bridgehead atoms. The van der Waals surface area contributed by atoms with Crippen molar-refractivity contribution < 1.29 is 4.84 Å². The Morgan fingerprint density at radius 1 is 1.17 bits per heavy atom. The fraction of sp³-hybridized carbons (Fsp3) is 0.312. The molecule has 122 valence electrons. The molecule has 1 aromatic carbocycles. The van der Waals surface area contributed by atoms with E-state index in [2.05, 4.69) is 15.1 Å². The van der Waals surface area contributed by atoms with E-state index < -0.39 is 0 Å². The Morgan fingerprint density at radius 3 is 2.79 bits per heavy atom. The first-order valence-electron chi connectivity index (χ1n) is 7.82. The highest BCUT2D eigenvalue weighted by Crippen LogP contribution is 2.45. The number of rotatable bonds is 2. The van der Waals surface area contributed by atoms with Gasteiger partial charge < -0.3 is 0 Å². The van der Waals surface area contributed by atoms with Crippen LogP contribution >= 0.6 is 23.2 Å². The maximum atomic E-state index is 6.52. The summed E-state index contributed by atoms with van der Waals surface area (Å²) in [7, 11) is 0. The molecule has 5 rings (SSSR count). The SMILES string of the molecule is Clc1ccccc1-c1c(Cl)nc2ncnn2c1N1OC2CCC1C2. The summed E-state index contributed by atoms with van der Waals surface area (Å²) in [6, 6.07) is 7.87. The van der Waals surface area contributed by atoms with Gasteiger partial charge in [-0.05, 0) is 25.3 Å². The molecular weight excluding hydrogens is 349 g/mol. The van der Waals surface area contributed by atoms with E-state index in [1.54, 1.807) is 4.52 Å². The Morgan fingerprint density at radius 2 is 2.04 bits per heavy atom. The number of halogens is 2. The Balaban J connectivity index is 1.81. The Hall–Kier alpha value is -1.89. The fourth-order valence-corrected chi connectivity index (χ4v) is 4.09. The molecule has 8 heteroatoms. The molecule has 0 amide bonds. The predicted octanol–water partition coefficient (Wildman–Crippen LogP) is 3.77. The second-order valence-corrected chi connectivity index (χ2v) is 6.84. The van der Waals surface area contributed by atoms with Gasteiger partial charge in [0.15, 0.2) is 5.82 Å². The van der Waals surface area contributed by atoms with Gasteiger partial charge in [0.1, 0.15) is 11.5 Å². The van der Waals surface area contributed by atoms with Gasteiger partial charge in [-0.15, -0.1) is 0 Å². The largest absolute Gasteiger partial charge is 0.268 e. The number of hydrogen-bond acceptors (Lipinski definition) is 5. The van der Waals surface area contributed by atoms with Crippen LogP contribution in [-0.4, -0.2) is 31.7 Å². The van der Waals surface area contributed by atoms with Crippen molar-refractivity contribution in [3.05, 3.63) is 40.8 Å². The highest BCUT2D eigenvalue weighted by atomic mass is 35.5. The third-order valence-corrected chi connectivity index (χ3v) is 5.26. The molecule has 1 aliphatic carbocycles. The summed E-state index contributed by atoms with van der Waals surface area (Å²) in [5.74, 6) is 1.18. The molecule has 24 heavy (non-hydrogen) atoms. The molecule has 0 spiro atoms. The minimum atomic E-state index is 0.250. The van der Waals surface area contributed by atoms with Gasteiger partial charge >= 0.3 is 0 Å². The molecule has 6 nitrogen and oxygen atoms in total. The first-order chi connectivity index (χ1) is 11.7. The van der Waals surface area contributed by atoms with Gasteiger partial charge in [-0.2, -0.15) is 19.6 Å². The van der Waals surface area contributed by atoms with Crippen molar-refractivity contribution in [3.8, 4) is 11.1 Å². The number of hydroxylamine groups is 1. The highest BCUT2D eigenvalue weighted by Gasteiger charge is 2.42. The second kappa shape index (κ2) is 5.31. The quantitative estimate of drug-likeness (QED) is 0.650. The van der Waals surface area contributed by atoms with E-state index in [9.17, 15) is 0 Å². The van der Waals surface area contributed by atoms with E-state index in [1.165, 1.54) is 6.33 Å². The van der Waals surface area contributed by atoms with E-state index in [0.29, 0.717) is 27.6 Å². The molecule has 2 unspecified atom stereocenters. The molecule has 1 saturated heterocycles. The van der Waals surface area contributed by atoms with Crippen molar-refractivity contribution >= 4 is 34.8 Å². The molecule has 3 aromatic rings. The van der Waals surface area contributed by atoms with Crippen LogP contribution in [0.15, 0.2) is 30.6 Å².